The summed E-state index contributed by atoms with van der Waals surface area (Å²) in [6.45, 7) is 2.91. The van der Waals surface area contributed by atoms with Crippen LogP contribution < -0.4 is 10.1 Å². The number of amides is 2. The Morgan fingerprint density at radius 1 is 1.03 bits per heavy atom. The van der Waals surface area contributed by atoms with E-state index >= 15 is 0 Å². The molecular formula is C24H28N2O4. The first kappa shape index (κ1) is 20.4. The summed E-state index contributed by atoms with van der Waals surface area (Å²) < 4.78 is 12.0. The van der Waals surface area contributed by atoms with Gasteiger partial charge in [-0.15, -0.1) is 0 Å². The molecule has 2 aromatic rings. The maximum absolute atomic E-state index is 12.1. The van der Waals surface area contributed by atoms with Crippen molar-refractivity contribution in [3.8, 4) is 16.9 Å². The van der Waals surface area contributed by atoms with Gasteiger partial charge in [-0.25, -0.2) is 0 Å². The van der Waals surface area contributed by atoms with Gasteiger partial charge in [0.25, 0.3) is 5.91 Å². The first-order valence-electron chi connectivity index (χ1n) is 10.4. The van der Waals surface area contributed by atoms with Crippen molar-refractivity contribution < 1.29 is 19.1 Å². The second kappa shape index (κ2) is 8.11. The number of carbonyl (C=O) groups is 2. The molecule has 2 aliphatic heterocycles. The summed E-state index contributed by atoms with van der Waals surface area (Å²) in [5, 5.41) is 3.11. The number of nitrogens with one attached hydrogen (secondary N) is 1. The van der Waals surface area contributed by atoms with Gasteiger partial charge in [-0.1, -0.05) is 18.2 Å². The fourth-order valence-corrected chi connectivity index (χ4v) is 4.34. The van der Waals surface area contributed by atoms with Crippen LogP contribution in [0.4, 0.5) is 0 Å². The van der Waals surface area contributed by atoms with Crippen LogP contribution >= 0.6 is 0 Å². The minimum Gasteiger partial charge on any atom is -0.487 e. The Hall–Kier alpha value is -2.86. The normalized spacial score (nSPS) is 19.5. The van der Waals surface area contributed by atoms with Crippen molar-refractivity contribution >= 4 is 11.8 Å². The third kappa shape index (κ3) is 4.05. The Labute approximate surface area is 177 Å². The van der Waals surface area contributed by atoms with Crippen LogP contribution in [0, 0.1) is 0 Å². The molecule has 2 amide bonds. The standard InChI is InChI=1S/C24H28N2O4/c1-16(27)25-21-15-24(10-12-29-13-11-24)30-22-9-8-19(14-20(21)22)17-4-6-18(7-5-17)23(28)26(2)3/h4-9,14,21H,10-13,15H2,1-3H3,(H,25,27). The SMILES string of the molecule is CC(=O)NC1CC2(CCOCC2)Oc2ccc(-c3ccc(C(=O)N(C)C)cc3)cc21. The van der Waals surface area contributed by atoms with E-state index in [1.165, 1.54) is 0 Å². The highest BCUT2D eigenvalue weighted by Crippen LogP contribution is 2.45. The molecule has 2 aromatic carbocycles. The number of hydrogen-bond acceptors (Lipinski definition) is 4. The molecule has 30 heavy (non-hydrogen) atoms. The van der Waals surface area contributed by atoms with E-state index in [1.54, 1.807) is 25.9 Å². The summed E-state index contributed by atoms with van der Waals surface area (Å²) in [6.07, 6.45) is 2.39. The zero-order valence-electron chi connectivity index (χ0n) is 17.7. The van der Waals surface area contributed by atoms with Crippen molar-refractivity contribution in [2.75, 3.05) is 27.3 Å². The number of nitrogens with zero attached hydrogens (tertiary/aromatic N) is 1. The minimum absolute atomic E-state index is 0.0205. The van der Waals surface area contributed by atoms with E-state index in [-0.39, 0.29) is 23.5 Å². The number of carbonyl (C=O) groups excluding carboxylic acids is 2. The topological polar surface area (TPSA) is 67.9 Å². The highest BCUT2D eigenvalue weighted by Gasteiger charge is 2.42. The maximum Gasteiger partial charge on any atom is 0.253 e. The predicted octanol–water partition coefficient (Wildman–Crippen LogP) is 3.56. The van der Waals surface area contributed by atoms with E-state index < -0.39 is 0 Å². The van der Waals surface area contributed by atoms with Gasteiger partial charge < -0.3 is 19.7 Å². The summed E-state index contributed by atoms with van der Waals surface area (Å²) in [6, 6.07) is 13.6. The number of ether oxygens (including phenoxy) is 2. The van der Waals surface area contributed by atoms with Crippen molar-refractivity contribution in [2.24, 2.45) is 0 Å². The fourth-order valence-electron chi connectivity index (χ4n) is 4.34. The molecule has 2 heterocycles. The van der Waals surface area contributed by atoms with Crippen molar-refractivity contribution in [1.29, 1.82) is 0 Å². The lowest BCUT2D eigenvalue weighted by atomic mass is 9.81. The van der Waals surface area contributed by atoms with Gasteiger partial charge in [0.1, 0.15) is 11.4 Å². The Bertz CT molecular complexity index is 946. The molecule has 1 unspecified atom stereocenters. The summed E-state index contributed by atoms with van der Waals surface area (Å²) in [5.41, 5.74) is 3.41. The molecule has 1 saturated heterocycles. The molecule has 6 heteroatoms. The van der Waals surface area contributed by atoms with Gasteiger partial charge in [-0.05, 0) is 35.4 Å². The molecule has 158 valence electrons. The summed E-state index contributed by atoms with van der Waals surface area (Å²) in [7, 11) is 3.49. The van der Waals surface area contributed by atoms with Crippen LogP contribution in [-0.4, -0.2) is 49.6 Å². The number of rotatable bonds is 3. The lowest BCUT2D eigenvalue weighted by Crippen LogP contribution is -2.48. The van der Waals surface area contributed by atoms with E-state index in [0.717, 1.165) is 41.7 Å². The average molecular weight is 408 g/mol. The van der Waals surface area contributed by atoms with E-state index in [0.29, 0.717) is 18.8 Å². The first-order valence-corrected chi connectivity index (χ1v) is 10.4. The van der Waals surface area contributed by atoms with Crippen LogP contribution in [0.1, 0.15) is 48.1 Å². The lowest BCUT2D eigenvalue weighted by Gasteiger charge is -2.44. The molecule has 2 aliphatic rings. The summed E-state index contributed by atoms with van der Waals surface area (Å²) >= 11 is 0. The Morgan fingerprint density at radius 2 is 1.70 bits per heavy atom. The third-order valence-corrected chi connectivity index (χ3v) is 5.94. The second-order valence-corrected chi connectivity index (χ2v) is 8.38. The van der Waals surface area contributed by atoms with Crippen molar-refractivity contribution in [3.63, 3.8) is 0 Å². The van der Waals surface area contributed by atoms with Gasteiger partial charge in [0.2, 0.25) is 5.91 Å². The molecule has 4 rings (SSSR count). The number of benzene rings is 2. The van der Waals surface area contributed by atoms with Gasteiger partial charge in [-0.2, -0.15) is 0 Å². The second-order valence-electron chi connectivity index (χ2n) is 8.38. The number of hydrogen-bond donors (Lipinski definition) is 1. The van der Waals surface area contributed by atoms with Crippen molar-refractivity contribution in [2.45, 2.75) is 37.8 Å². The molecule has 1 fully saturated rings. The molecule has 0 aliphatic carbocycles. The van der Waals surface area contributed by atoms with Crippen LogP contribution in [-0.2, 0) is 9.53 Å². The van der Waals surface area contributed by atoms with E-state index in [4.69, 9.17) is 9.47 Å². The van der Waals surface area contributed by atoms with Gasteiger partial charge in [0.05, 0.1) is 19.3 Å². The third-order valence-electron chi connectivity index (χ3n) is 5.94. The molecular weight excluding hydrogens is 380 g/mol. The average Bonchev–Trinajstić information content (AvgIpc) is 2.73. The van der Waals surface area contributed by atoms with E-state index in [1.807, 2.05) is 36.4 Å². The monoisotopic (exact) mass is 408 g/mol. The lowest BCUT2D eigenvalue weighted by molar-refractivity contribution is -0.121. The molecule has 0 bridgehead atoms. The summed E-state index contributed by atoms with van der Waals surface area (Å²) in [5.74, 6) is 0.755. The Kier molecular flexibility index (Phi) is 5.52. The largest absolute Gasteiger partial charge is 0.487 e. The summed E-state index contributed by atoms with van der Waals surface area (Å²) in [4.78, 5) is 25.6. The zero-order valence-corrected chi connectivity index (χ0v) is 17.7. The van der Waals surface area contributed by atoms with Crippen LogP contribution in [0.2, 0.25) is 0 Å². The molecule has 0 saturated carbocycles. The smallest absolute Gasteiger partial charge is 0.253 e. The van der Waals surface area contributed by atoms with Crippen LogP contribution in [0.25, 0.3) is 11.1 Å². The Balaban J connectivity index is 1.66. The van der Waals surface area contributed by atoms with Crippen LogP contribution in [0.15, 0.2) is 42.5 Å². The fraction of sp³-hybridized carbons (Fsp3) is 0.417. The molecule has 1 spiro atoms. The first-order chi connectivity index (χ1) is 14.4. The quantitative estimate of drug-likeness (QED) is 0.843. The van der Waals surface area contributed by atoms with Crippen molar-refractivity contribution in [3.05, 3.63) is 53.6 Å². The van der Waals surface area contributed by atoms with Crippen LogP contribution in [0.3, 0.4) is 0 Å². The zero-order chi connectivity index (χ0) is 21.3. The highest BCUT2D eigenvalue weighted by molar-refractivity contribution is 5.94. The molecule has 0 aromatic heterocycles. The molecule has 1 atom stereocenters. The van der Waals surface area contributed by atoms with Gasteiger partial charge >= 0.3 is 0 Å². The van der Waals surface area contributed by atoms with Gasteiger partial charge in [0, 0.05) is 51.4 Å². The maximum atomic E-state index is 12.1. The number of fused-ring (bicyclic) bond motifs is 1. The van der Waals surface area contributed by atoms with E-state index in [2.05, 4.69) is 11.4 Å². The van der Waals surface area contributed by atoms with Crippen molar-refractivity contribution in [1.82, 2.24) is 10.2 Å². The molecule has 6 nitrogen and oxygen atoms in total. The highest BCUT2D eigenvalue weighted by atomic mass is 16.5. The Morgan fingerprint density at radius 3 is 2.33 bits per heavy atom. The molecule has 1 N–H and O–H groups in total. The van der Waals surface area contributed by atoms with Crippen LogP contribution in [0.5, 0.6) is 5.75 Å². The van der Waals surface area contributed by atoms with Gasteiger partial charge in [0.15, 0.2) is 0 Å². The predicted molar refractivity (Wildman–Crippen MR) is 114 cm³/mol. The van der Waals surface area contributed by atoms with E-state index in [9.17, 15) is 9.59 Å². The minimum atomic E-state index is -0.284. The van der Waals surface area contributed by atoms with Gasteiger partial charge in [-0.3, -0.25) is 9.59 Å². The molecule has 0 radical (unpaired) electrons.